The van der Waals surface area contributed by atoms with Gasteiger partial charge in [0.15, 0.2) is 0 Å². The molecule has 3 rings (SSSR count). The van der Waals surface area contributed by atoms with Crippen molar-refractivity contribution < 1.29 is 4.74 Å². The van der Waals surface area contributed by atoms with Gasteiger partial charge in [0, 0.05) is 12.6 Å². The molecule has 0 aromatic heterocycles. The number of rotatable bonds is 6. The van der Waals surface area contributed by atoms with Crippen molar-refractivity contribution in [3.05, 3.63) is 53.6 Å². The molecule has 0 spiro atoms. The summed E-state index contributed by atoms with van der Waals surface area (Å²) in [6.07, 6.45) is 2.65. The predicted molar refractivity (Wildman–Crippen MR) is 87.6 cm³/mol. The SMILES string of the molecule is CCOc1ccc(-c2cc(C)ccc2CNC2CC2)cc1. The number of hydrogen-bond acceptors (Lipinski definition) is 2. The fraction of sp³-hybridized carbons (Fsp3) is 0.368. The van der Waals surface area contributed by atoms with E-state index < -0.39 is 0 Å². The summed E-state index contributed by atoms with van der Waals surface area (Å²) >= 11 is 0. The van der Waals surface area contributed by atoms with E-state index in [1.54, 1.807) is 0 Å². The molecule has 1 aliphatic rings. The summed E-state index contributed by atoms with van der Waals surface area (Å²) in [6.45, 7) is 5.82. The van der Waals surface area contributed by atoms with E-state index in [2.05, 4.69) is 54.7 Å². The van der Waals surface area contributed by atoms with Gasteiger partial charge in [-0.3, -0.25) is 0 Å². The van der Waals surface area contributed by atoms with E-state index in [-0.39, 0.29) is 0 Å². The van der Waals surface area contributed by atoms with Crippen molar-refractivity contribution in [2.75, 3.05) is 6.61 Å². The number of nitrogens with one attached hydrogen (secondary N) is 1. The molecule has 1 saturated carbocycles. The Morgan fingerprint density at radius 1 is 1.10 bits per heavy atom. The fourth-order valence-electron chi connectivity index (χ4n) is 2.55. The van der Waals surface area contributed by atoms with Gasteiger partial charge in [-0.05, 0) is 55.5 Å². The lowest BCUT2D eigenvalue weighted by Crippen LogP contribution is -2.15. The lowest BCUT2D eigenvalue weighted by atomic mass is 9.97. The maximum absolute atomic E-state index is 5.53. The zero-order valence-corrected chi connectivity index (χ0v) is 12.9. The van der Waals surface area contributed by atoms with Gasteiger partial charge in [0.2, 0.25) is 0 Å². The molecule has 2 aromatic carbocycles. The third-order valence-corrected chi connectivity index (χ3v) is 3.90. The monoisotopic (exact) mass is 281 g/mol. The molecule has 0 saturated heterocycles. The Morgan fingerprint density at radius 3 is 2.52 bits per heavy atom. The highest BCUT2D eigenvalue weighted by molar-refractivity contribution is 5.68. The van der Waals surface area contributed by atoms with Gasteiger partial charge in [-0.15, -0.1) is 0 Å². The van der Waals surface area contributed by atoms with Crippen molar-refractivity contribution in [3.63, 3.8) is 0 Å². The van der Waals surface area contributed by atoms with Gasteiger partial charge in [-0.25, -0.2) is 0 Å². The second-order valence-electron chi connectivity index (χ2n) is 5.77. The predicted octanol–water partition coefficient (Wildman–Crippen LogP) is 4.31. The molecule has 0 amide bonds. The largest absolute Gasteiger partial charge is 0.494 e. The molecule has 1 aliphatic carbocycles. The Labute approximate surface area is 127 Å². The zero-order chi connectivity index (χ0) is 14.7. The highest BCUT2D eigenvalue weighted by atomic mass is 16.5. The smallest absolute Gasteiger partial charge is 0.119 e. The van der Waals surface area contributed by atoms with Gasteiger partial charge < -0.3 is 10.1 Å². The van der Waals surface area contributed by atoms with E-state index >= 15 is 0 Å². The summed E-state index contributed by atoms with van der Waals surface area (Å²) in [5.41, 5.74) is 5.26. The van der Waals surface area contributed by atoms with Crippen molar-refractivity contribution in [2.24, 2.45) is 0 Å². The maximum Gasteiger partial charge on any atom is 0.119 e. The van der Waals surface area contributed by atoms with Crippen LogP contribution in [-0.4, -0.2) is 12.6 Å². The molecular formula is C19H23NO. The highest BCUT2D eigenvalue weighted by Crippen LogP contribution is 2.28. The summed E-state index contributed by atoms with van der Waals surface area (Å²) in [5.74, 6) is 0.937. The first-order chi connectivity index (χ1) is 10.3. The lowest BCUT2D eigenvalue weighted by Gasteiger charge is -2.12. The summed E-state index contributed by atoms with van der Waals surface area (Å²) in [5, 5.41) is 3.61. The normalized spacial score (nSPS) is 14.2. The Kier molecular flexibility index (Phi) is 4.26. The summed E-state index contributed by atoms with van der Waals surface area (Å²) in [6, 6.07) is 15.9. The average molecular weight is 281 g/mol. The second kappa shape index (κ2) is 6.31. The fourth-order valence-corrected chi connectivity index (χ4v) is 2.55. The van der Waals surface area contributed by atoms with Gasteiger partial charge in [-0.2, -0.15) is 0 Å². The zero-order valence-electron chi connectivity index (χ0n) is 12.9. The van der Waals surface area contributed by atoms with Crippen LogP contribution in [0, 0.1) is 6.92 Å². The van der Waals surface area contributed by atoms with Crippen molar-refractivity contribution in [1.82, 2.24) is 5.32 Å². The number of aryl methyl sites for hydroxylation is 1. The van der Waals surface area contributed by atoms with E-state index in [1.807, 2.05) is 6.92 Å². The maximum atomic E-state index is 5.53. The Morgan fingerprint density at radius 2 is 1.86 bits per heavy atom. The lowest BCUT2D eigenvalue weighted by molar-refractivity contribution is 0.340. The van der Waals surface area contributed by atoms with E-state index in [0.717, 1.165) is 18.3 Å². The third kappa shape index (κ3) is 3.64. The third-order valence-electron chi connectivity index (χ3n) is 3.90. The minimum Gasteiger partial charge on any atom is -0.494 e. The molecule has 0 heterocycles. The molecule has 1 fully saturated rings. The van der Waals surface area contributed by atoms with Gasteiger partial charge >= 0.3 is 0 Å². The second-order valence-corrected chi connectivity index (χ2v) is 5.77. The molecule has 0 atom stereocenters. The molecule has 1 N–H and O–H groups in total. The van der Waals surface area contributed by atoms with Crippen molar-refractivity contribution in [1.29, 1.82) is 0 Å². The van der Waals surface area contributed by atoms with E-state index in [0.29, 0.717) is 6.61 Å². The molecule has 0 bridgehead atoms. The average Bonchev–Trinajstić information content (AvgIpc) is 3.31. The number of hydrogen-bond donors (Lipinski definition) is 1. The Hall–Kier alpha value is -1.80. The van der Waals surface area contributed by atoms with Gasteiger partial charge in [0.25, 0.3) is 0 Å². The molecular weight excluding hydrogens is 258 g/mol. The molecule has 0 radical (unpaired) electrons. The summed E-state index contributed by atoms with van der Waals surface area (Å²) in [7, 11) is 0. The molecule has 0 aliphatic heterocycles. The number of benzene rings is 2. The number of ether oxygens (including phenoxy) is 1. The van der Waals surface area contributed by atoms with Crippen molar-refractivity contribution in [2.45, 2.75) is 39.3 Å². The molecule has 2 nitrogen and oxygen atoms in total. The molecule has 2 aromatic rings. The van der Waals surface area contributed by atoms with E-state index in [4.69, 9.17) is 4.74 Å². The van der Waals surface area contributed by atoms with Crippen LogP contribution in [0.5, 0.6) is 5.75 Å². The first-order valence-corrected chi connectivity index (χ1v) is 7.82. The van der Waals surface area contributed by atoms with E-state index in [9.17, 15) is 0 Å². The minimum absolute atomic E-state index is 0.709. The van der Waals surface area contributed by atoms with Crippen LogP contribution in [-0.2, 0) is 6.54 Å². The van der Waals surface area contributed by atoms with Crippen LogP contribution < -0.4 is 10.1 Å². The van der Waals surface area contributed by atoms with E-state index in [1.165, 1.54) is 35.1 Å². The van der Waals surface area contributed by atoms with Gasteiger partial charge in [0.1, 0.15) is 5.75 Å². The topological polar surface area (TPSA) is 21.3 Å². The molecule has 21 heavy (non-hydrogen) atoms. The molecule has 0 unspecified atom stereocenters. The van der Waals surface area contributed by atoms with Crippen LogP contribution in [0.15, 0.2) is 42.5 Å². The molecule has 2 heteroatoms. The van der Waals surface area contributed by atoms with Crippen LogP contribution in [0.3, 0.4) is 0 Å². The highest BCUT2D eigenvalue weighted by Gasteiger charge is 2.20. The van der Waals surface area contributed by atoms with Crippen molar-refractivity contribution in [3.8, 4) is 16.9 Å². The van der Waals surface area contributed by atoms with Crippen LogP contribution in [0.2, 0.25) is 0 Å². The first kappa shape index (κ1) is 14.2. The molecule has 110 valence electrons. The van der Waals surface area contributed by atoms with Gasteiger partial charge in [0.05, 0.1) is 6.61 Å². The van der Waals surface area contributed by atoms with Crippen LogP contribution in [0.4, 0.5) is 0 Å². The van der Waals surface area contributed by atoms with Crippen LogP contribution in [0.1, 0.15) is 30.9 Å². The van der Waals surface area contributed by atoms with Crippen molar-refractivity contribution >= 4 is 0 Å². The Bertz CT molecular complexity index is 599. The summed E-state index contributed by atoms with van der Waals surface area (Å²) in [4.78, 5) is 0. The Balaban J connectivity index is 1.85. The first-order valence-electron chi connectivity index (χ1n) is 7.82. The van der Waals surface area contributed by atoms with Gasteiger partial charge in [-0.1, -0.05) is 35.9 Å². The quantitative estimate of drug-likeness (QED) is 0.851. The van der Waals surface area contributed by atoms with Crippen LogP contribution >= 0.6 is 0 Å². The standard InChI is InChI=1S/C19H23NO/c1-3-21-18-10-6-15(7-11-18)19-12-14(2)4-5-16(19)13-20-17-8-9-17/h4-7,10-12,17,20H,3,8-9,13H2,1-2H3. The minimum atomic E-state index is 0.709. The summed E-state index contributed by atoms with van der Waals surface area (Å²) < 4.78 is 5.53. The van der Waals surface area contributed by atoms with Crippen LogP contribution in [0.25, 0.3) is 11.1 Å².